The van der Waals surface area contributed by atoms with Crippen LogP contribution in [0.4, 0.5) is 0 Å². The molecule has 1 aliphatic rings. The van der Waals surface area contributed by atoms with Gasteiger partial charge in [0.25, 0.3) is 0 Å². The molecule has 6 nitrogen and oxygen atoms in total. The molecule has 1 saturated heterocycles. The highest BCUT2D eigenvalue weighted by Crippen LogP contribution is 2.12. The molecule has 2 unspecified atom stereocenters. The Morgan fingerprint density at radius 1 is 1.36 bits per heavy atom. The first kappa shape index (κ1) is 21.9. The summed E-state index contributed by atoms with van der Waals surface area (Å²) in [6.45, 7) is 5.69. The van der Waals surface area contributed by atoms with Crippen molar-refractivity contribution in [3.05, 3.63) is 0 Å². The lowest BCUT2D eigenvalue weighted by molar-refractivity contribution is 0.253. The molecule has 0 bridgehead atoms. The van der Waals surface area contributed by atoms with Gasteiger partial charge < -0.3 is 15.7 Å². The Balaban J connectivity index is 0.00000441. The van der Waals surface area contributed by atoms with Gasteiger partial charge in [0.2, 0.25) is 0 Å². The van der Waals surface area contributed by atoms with Crippen LogP contribution in [0, 0.1) is 5.92 Å². The van der Waals surface area contributed by atoms with Gasteiger partial charge in [0.15, 0.2) is 15.8 Å². The summed E-state index contributed by atoms with van der Waals surface area (Å²) in [5.74, 6) is 1.50. The van der Waals surface area contributed by atoms with E-state index in [9.17, 15) is 8.42 Å². The minimum absolute atomic E-state index is 0. The highest BCUT2D eigenvalue weighted by Gasteiger charge is 2.28. The van der Waals surface area contributed by atoms with Crippen molar-refractivity contribution in [1.29, 1.82) is 0 Å². The van der Waals surface area contributed by atoms with Crippen LogP contribution in [0.25, 0.3) is 0 Å². The van der Waals surface area contributed by atoms with Gasteiger partial charge in [-0.25, -0.2) is 8.42 Å². The normalized spacial score (nSPS) is 22.0. The second-order valence-corrected chi connectivity index (χ2v) is 7.86. The van der Waals surface area contributed by atoms with Gasteiger partial charge in [-0.1, -0.05) is 13.3 Å². The average molecular weight is 447 g/mol. The van der Waals surface area contributed by atoms with E-state index >= 15 is 0 Å². The van der Waals surface area contributed by atoms with Crippen molar-refractivity contribution in [3.63, 3.8) is 0 Å². The van der Waals surface area contributed by atoms with Gasteiger partial charge in [0.1, 0.15) is 0 Å². The zero-order chi connectivity index (χ0) is 15.7. The smallest absolute Gasteiger partial charge is 0.191 e. The third-order valence-corrected chi connectivity index (χ3v) is 5.43. The van der Waals surface area contributed by atoms with Crippen LogP contribution in [-0.2, 0) is 9.84 Å². The van der Waals surface area contributed by atoms with Crippen LogP contribution < -0.4 is 10.6 Å². The number of aliphatic hydroxyl groups is 1. The summed E-state index contributed by atoms with van der Waals surface area (Å²) in [5, 5.41) is 15.4. The standard InChI is InChI=1S/C14H29N3O3S.HI/c1-3-5-12(6-8-18)10-16-14(15-4-2)17-13-7-9-21(19,20)11-13;/h12-13,18H,3-11H2,1-2H3,(H2,15,16,17);1H. The highest BCUT2D eigenvalue weighted by molar-refractivity contribution is 14.0. The first-order valence-electron chi connectivity index (χ1n) is 7.86. The molecule has 1 fully saturated rings. The third-order valence-electron chi connectivity index (χ3n) is 3.66. The third kappa shape index (κ3) is 8.52. The molecule has 0 aromatic rings. The first-order valence-corrected chi connectivity index (χ1v) is 9.69. The topological polar surface area (TPSA) is 90.8 Å². The van der Waals surface area contributed by atoms with Gasteiger partial charge in [-0.2, -0.15) is 0 Å². The molecule has 1 rings (SSSR count). The number of hydrogen-bond acceptors (Lipinski definition) is 4. The van der Waals surface area contributed by atoms with E-state index in [-0.39, 0.29) is 48.1 Å². The summed E-state index contributed by atoms with van der Waals surface area (Å²) >= 11 is 0. The van der Waals surface area contributed by atoms with E-state index < -0.39 is 9.84 Å². The summed E-state index contributed by atoms with van der Waals surface area (Å²) in [7, 11) is -2.88. The molecule has 0 aromatic heterocycles. The zero-order valence-corrected chi connectivity index (χ0v) is 16.7. The number of rotatable bonds is 8. The summed E-state index contributed by atoms with van der Waals surface area (Å²) in [4.78, 5) is 4.55. The predicted octanol–water partition coefficient (Wildman–Crippen LogP) is 1.15. The van der Waals surface area contributed by atoms with Crippen molar-refractivity contribution in [2.24, 2.45) is 10.9 Å². The quantitative estimate of drug-likeness (QED) is 0.295. The number of guanidine groups is 1. The molecule has 0 amide bonds. The van der Waals surface area contributed by atoms with Gasteiger partial charge in [0, 0.05) is 25.7 Å². The molecule has 0 radical (unpaired) electrons. The molecule has 8 heteroatoms. The van der Waals surface area contributed by atoms with Crippen LogP contribution in [-0.4, -0.2) is 56.7 Å². The van der Waals surface area contributed by atoms with E-state index in [1.807, 2.05) is 6.92 Å². The van der Waals surface area contributed by atoms with Crippen molar-refractivity contribution in [2.75, 3.05) is 31.2 Å². The maximum absolute atomic E-state index is 11.5. The number of sulfone groups is 1. The fourth-order valence-electron chi connectivity index (χ4n) is 2.56. The summed E-state index contributed by atoms with van der Waals surface area (Å²) < 4.78 is 23.0. The molecule has 1 heterocycles. The fourth-order valence-corrected chi connectivity index (χ4v) is 4.23. The Hall–Kier alpha value is -0.0900. The van der Waals surface area contributed by atoms with Crippen molar-refractivity contribution in [2.45, 2.75) is 45.6 Å². The minimum Gasteiger partial charge on any atom is -0.396 e. The highest BCUT2D eigenvalue weighted by atomic mass is 127. The molecular formula is C14H30IN3O3S. The molecule has 22 heavy (non-hydrogen) atoms. The average Bonchev–Trinajstić information content (AvgIpc) is 2.76. The Morgan fingerprint density at radius 2 is 2.09 bits per heavy atom. The Bertz CT molecular complexity index is 423. The van der Waals surface area contributed by atoms with Gasteiger partial charge in [-0.05, 0) is 32.1 Å². The molecule has 0 aromatic carbocycles. The lowest BCUT2D eigenvalue weighted by Crippen LogP contribution is -2.44. The Kier molecular flexibility index (Phi) is 11.4. The first-order chi connectivity index (χ1) is 10.0. The molecule has 0 saturated carbocycles. The number of nitrogens with zero attached hydrogens (tertiary/aromatic N) is 1. The molecule has 2 atom stereocenters. The largest absolute Gasteiger partial charge is 0.396 e. The minimum atomic E-state index is -2.88. The van der Waals surface area contributed by atoms with Crippen molar-refractivity contribution in [3.8, 4) is 0 Å². The Morgan fingerprint density at radius 3 is 2.59 bits per heavy atom. The Labute approximate surface area is 151 Å². The van der Waals surface area contributed by atoms with Crippen LogP contribution in [0.5, 0.6) is 0 Å². The van der Waals surface area contributed by atoms with Crippen LogP contribution in [0.2, 0.25) is 0 Å². The van der Waals surface area contributed by atoms with Gasteiger partial charge in [-0.3, -0.25) is 4.99 Å². The van der Waals surface area contributed by atoms with E-state index in [1.54, 1.807) is 0 Å². The van der Waals surface area contributed by atoms with Crippen molar-refractivity contribution >= 4 is 39.8 Å². The number of nitrogens with one attached hydrogen (secondary N) is 2. The SMILES string of the molecule is CCCC(CCO)CN=C(NCC)NC1CCS(=O)(=O)C1.I. The molecule has 0 spiro atoms. The van der Waals surface area contributed by atoms with Gasteiger partial charge >= 0.3 is 0 Å². The molecule has 132 valence electrons. The molecule has 0 aliphatic carbocycles. The summed E-state index contributed by atoms with van der Waals surface area (Å²) in [6, 6.07) is -0.0460. The van der Waals surface area contributed by atoms with E-state index in [0.717, 1.165) is 25.8 Å². The molecule has 3 N–H and O–H groups in total. The lowest BCUT2D eigenvalue weighted by Gasteiger charge is -2.18. The van der Waals surface area contributed by atoms with Crippen molar-refractivity contribution < 1.29 is 13.5 Å². The second kappa shape index (κ2) is 11.4. The van der Waals surface area contributed by atoms with Crippen molar-refractivity contribution in [1.82, 2.24) is 10.6 Å². The second-order valence-electron chi connectivity index (χ2n) is 5.63. The van der Waals surface area contributed by atoms with E-state index in [0.29, 0.717) is 24.8 Å². The number of halogens is 1. The summed E-state index contributed by atoms with van der Waals surface area (Å²) in [6.07, 6.45) is 3.52. The summed E-state index contributed by atoms with van der Waals surface area (Å²) in [5.41, 5.74) is 0. The maximum atomic E-state index is 11.5. The van der Waals surface area contributed by atoms with Gasteiger partial charge in [-0.15, -0.1) is 24.0 Å². The van der Waals surface area contributed by atoms with E-state index in [2.05, 4.69) is 22.5 Å². The van der Waals surface area contributed by atoms with Gasteiger partial charge in [0.05, 0.1) is 11.5 Å². The molecular weight excluding hydrogens is 417 g/mol. The number of aliphatic imine (C=N–C) groups is 1. The molecule has 1 aliphatic heterocycles. The number of hydrogen-bond donors (Lipinski definition) is 3. The lowest BCUT2D eigenvalue weighted by atomic mass is 10.0. The zero-order valence-electron chi connectivity index (χ0n) is 13.5. The van der Waals surface area contributed by atoms with E-state index in [1.165, 1.54) is 0 Å². The van der Waals surface area contributed by atoms with E-state index in [4.69, 9.17) is 5.11 Å². The maximum Gasteiger partial charge on any atom is 0.191 e. The van der Waals surface area contributed by atoms with Crippen LogP contribution in [0.3, 0.4) is 0 Å². The predicted molar refractivity (Wildman–Crippen MR) is 102 cm³/mol. The van der Waals surface area contributed by atoms with Crippen LogP contribution in [0.1, 0.15) is 39.5 Å². The monoisotopic (exact) mass is 447 g/mol. The number of aliphatic hydroxyl groups excluding tert-OH is 1. The van der Waals surface area contributed by atoms with Crippen LogP contribution in [0.15, 0.2) is 4.99 Å². The fraction of sp³-hybridized carbons (Fsp3) is 0.929. The van der Waals surface area contributed by atoms with Crippen LogP contribution >= 0.6 is 24.0 Å².